The van der Waals surface area contributed by atoms with Crippen molar-refractivity contribution in [2.45, 2.75) is 52.6 Å². The van der Waals surface area contributed by atoms with E-state index in [0.717, 1.165) is 22.7 Å². The van der Waals surface area contributed by atoms with E-state index in [0.29, 0.717) is 0 Å². The van der Waals surface area contributed by atoms with Gasteiger partial charge in [-0.2, -0.15) is 0 Å². The van der Waals surface area contributed by atoms with Gasteiger partial charge in [0.1, 0.15) is 18.8 Å². The van der Waals surface area contributed by atoms with Gasteiger partial charge in [0.05, 0.1) is 0 Å². The van der Waals surface area contributed by atoms with Crippen molar-refractivity contribution in [1.29, 1.82) is 0 Å². The summed E-state index contributed by atoms with van der Waals surface area (Å²) in [5.41, 5.74) is -2.94. The number of hydrogen-bond donors (Lipinski definition) is 0. The molecular formula is C16H18N2O4S2. The Morgan fingerprint density at radius 3 is 0.917 bits per heavy atom. The van der Waals surface area contributed by atoms with Crippen LogP contribution in [0.5, 0.6) is 0 Å². The number of rotatable bonds is 0. The lowest BCUT2D eigenvalue weighted by molar-refractivity contribution is 0.380. The van der Waals surface area contributed by atoms with Crippen LogP contribution >= 0.6 is 22.7 Å². The fourth-order valence-electron chi connectivity index (χ4n) is 2.76. The Morgan fingerprint density at radius 1 is 0.542 bits per heavy atom. The highest BCUT2D eigenvalue weighted by Gasteiger charge is 2.28. The summed E-state index contributed by atoms with van der Waals surface area (Å²) in [6, 6.07) is 0. The molecular weight excluding hydrogens is 348 g/mol. The molecule has 0 spiro atoms. The van der Waals surface area contributed by atoms with E-state index in [4.69, 9.17) is 0 Å². The highest BCUT2D eigenvalue weighted by Crippen LogP contribution is 2.28. The van der Waals surface area contributed by atoms with Crippen LogP contribution in [-0.2, 0) is 11.1 Å². The van der Waals surface area contributed by atoms with Gasteiger partial charge in [-0.05, 0) is 41.5 Å². The molecule has 0 radical (unpaired) electrons. The molecule has 8 heteroatoms. The van der Waals surface area contributed by atoms with Gasteiger partial charge in [-0.25, -0.2) is 0 Å². The summed E-state index contributed by atoms with van der Waals surface area (Å²) < 4.78 is 3.37. The minimum atomic E-state index is -0.664. The van der Waals surface area contributed by atoms with Crippen LogP contribution in [-0.4, -0.2) is 9.13 Å². The maximum atomic E-state index is 12.6. The number of nitrogens with zero attached hydrogens (tertiary/aromatic N) is 2. The molecule has 0 N–H and O–H groups in total. The highest BCUT2D eigenvalue weighted by molar-refractivity contribution is 7.36. The SMILES string of the molecule is CC(C)(C)n1c(=O)c2sc3c(=O)n(C(C)(C)C)c(=O)c3sc2c1=O. The minimum Gasteiger partial charge on any atom is -0.268 e. The zero-order valence-corrected chi connectivity index (χ0v) is 16.0. The standard InChI is InChI=1S/C16H18N2O4S2/c1-15(2,3)17-11(19)7-8(12(17)20)24-10-9(23-7)13(21)18(14(10)22)16(4,5)6/h1-6H3. The maximum absolute atomic E-state index is 12.6. The van der Waals surface area contributed by atoms with Crippen molar-refractivity contribution in [2.24, 2.45) is 0 Å². The molecule has 128 valence electrons. The molecule has 0 unspecified atom stereocenters. The molecule has 0 bridgehead atoms. The van der Waals surface area contributed by atoms with E-state index in [1.807, 2.05) is 0 Å². The highest BCUT2D eigenvalue weighted by atomic mass is 32.1. The van der Waals surface area contributed by atoms with Crippen LogP contribution in [0.15, 0.2) is 19.2 Å². The third kappa shape index (κ3) is 2.20. The monoisotopic (exact) mass is 366 g/mol. The molecule has 0 atom stereocenters. The van der Waals surface area contributed by atoms with E-state index in [1.54, 1.807) is 41.5 Å². The van der Waals surface area contributed by atoms with Crippen molar-refractivity contribution in [3.8, 4) is 0 Å². The normalized spacial score (nSPS) is 13.2. The van der Waals surface area contributed by atoms with Crippen LogP contribution in [0.1, 0.15) is 41.5 Å². The summed E-state index contributed by atoms with van der Waals surface area (Å²) >= 11 is 1.90. The second-order valence-electron chi connectivity index (χ2n) is 7.75. The second kappa shape index (κ2) is 4.86. The molecule has 0 amide bonds. The van der Waals surface area contributed by atoms with E-state index >= 15 is 0 Å². The largest absolute Gasteiger partial charge is 0.273 e. The van der Waals surface area contributed by atoms with Crippen LogP contribution < -0.4 is 22.2 Å². The average Bonchev–Trinajstić information content (AvgIpc) is 2.81. The summed E-state index contributed by atoms with van der Waals surface area (Å²) in [6.45, 7) is 10.6. The third-order valence-electron chi connectivity index (χ3n) is 3.75. The van der Waals surface area contributed by atoms with E-state index in [-0.39, 0.29) is 18.8 Å². The third-order valence-corrected chi connectivity index (χ3v) is 6.34. The zero-order chi connectivity index (χ0) is 18.2. The summed E-state index contributed by atoms with van der Waals surface area (Å²) in [5.74, 6) is 0. The van der Waals surface area contributed by atoms with Crippen LogP contribution in [0.3, 0.4) is 0 Å². The van der Waals surface area contributed by atoms with Gasteiger partial charge in [-0.1, -0.05) is 0 Å². The Morgan fingerprint density at radius 2 is 0.750 bits per heavy atom. The van der Waals surface area contributed by atoms with Gasteiger partial charge >= 0.3 is 0 Å². The molecule has 6 nitrogen and oxygen atoms in total. The van der Waals surface area contributed by atoms with Crippen molar-refractivity contribution < 1.29 is 0 Å². The topological polar surface area (TPSA) is 78.1 Å². The van der Waals surface area contributed by atoms with Crippen molar-refractivity contribution in [3.05, 3.63) is 41.4 Å². The van der Waals surface area contributed by atoms with Crippen LogP contribution in [0, 0.1) is 0 Å². The molecule has 3 aromatic rings. The average molecular weight is 366 g/mol. The Labute approximate surface area is 145 Å². The number of aromatic nitrogens is 2. The molecule has 0 aliphatic heterocycles. The van der Waals surface area contributed by atoms with E-state index in [1.165, 1.54) is 9.13 Å². The van der Waals surface area contributed by atoms with Gasteiger partial charge in [0, 0.05) is 11.1 Å². The molecule has 3 rings (SSSR count). The number of hydrogen-bond acceptors (Lipinski definition) is 6. The number of fused-ring (bicyclic) bond motifs is 2. The Bertz CT molecular complexity index is 1030. The first kappa shape index (κ1) is 17.0. The van der Waals surface area contributed by atoms with Gasteiger partial charge in [-0.15, -0.1) is 22.7 Å². The molecule has 0 saturated heterocycles. The smallest absolute Gasteiger partial charge is 0.268 e. The second-order valence-corrected chi connectivity index (χ2v) is 9.79. The first-order valence-corrected chi connectivity index (χ1v) is 9.11. The minimum absolute atomic E-state index is 0.246. The zero-order valence-electron chi connectivity index (χ0n) is 14.3. The molecule has 0 fully saturated rings. The summed E-state index contributed by atoms with van der Waals surface area (Å²) in [7, 11) is 0. The molecule has 3 heterocycles. The van der Waals surface area contributed by atoms with Gasteiger partial charge in [-0.3, -0.25) is 28.3 Å². The lowest BCUT2D eigenvalue weighted by Crippen LogP contribution is -2.38. The predicted octanol–water partition coefficient (Wildman–Crippen LogP) is 2.11. The Balaban J connectivity index is 2.58. The van der Waals surface area contributed by atoms with Crippen LogP contribution in [0.25, 0.3) is 18.8 Å². The predicted molar refractivity (Wildman–Crippen MR) is 99.4 cm³/mol. The lowest BCUT2D eigenvalue weighted by Gasteiger charge is -2.18. The van der Waals surface area contributed by atoms with Crippen LogP contribution in [0.4, 0.5) is 0 Å². The summed E-state index contributed by atoms with van der Waals surface area (Å²) in [5, 5.41) is 0. The molecule has 0 aliphatic rings. The van der Waals surface area contributed by atoms with Gasteiger partial charge in [0.25, 0.3) is 22.2 Å². The first-order chi connectivity index (χ1) is 10.9. The molecule has 0 aliphatic carbocycles. The van der Waals surface area contributed by atoms with E-state index < -0.39 is 33.3 Å². The van der Waals surface area contributed by atoms with Gasteiger partial charge in [0.15, 0.2) is 0 Å². The van der Waals surface area contributed by atoms with Gasteiger partial charge < -0.3 is 0 Å². The Hall–Kier alpha value is -1.80. The van der Waals surface area contributed by atoms with Crippen LogP contribution in [0.2, 0.25) is 0 Å². The molecule has 3 aromatic heterocycles. The summed E-state index contributed by atoms with van der Waals surface area (Å²) in [6.07, 6.45) is 0. The fraction of sp³-hybridized carbons (Fsp3) is 0.500. The summed E-state index contributed by atoms with van der Waals surface area (Å²) in [4.78, 5) is 50.5. The molecule has 0 aromatic carbocycles. The first-order valence-electron chi connectivity index (χ1n) is 7.47. The van der Waals surface area contributed by atoms with E-state index in [9.17, 15) is 19.2 Å². The molecule has 24 heavy (non-hydrogen) atoms. The van der Waals surface area contributed by atoms with Crippen molar-refractivity contribution in [2.75, 3.05) is 0 Å². The molecule has 0 saturated carbocycles. The Kier molecular flexibility index (Phi) is 3.45. The van der Waals surface area contributed by atoms with Crippen molar-refractivity contribution in [1.82, 2.24) is 9.13 Å². The fourth-order valence-corrected chi connectivity index (χ4v) is 5.10. The van der Waals surface area contributed by atoms with Crippen molar-refractivity contribution in [3.63, 3.8) is 0 Å². The maximum Gasteiger partial charge on any atom is 0.273 e. The van der Waals surface area contributed by atoms with Gasteiger partial charge in [0.2, 0.25) is 0 Å². The van der Waals surface area contributed by atoms with Crippen molar-refractivity contribution >= 4 is 41.5 Å². The quantitative estimate of drug-likeness (QED) is 0.610. The van der Waals surface area contributed by atoms with E-state index in [2.05, 4.69) is 0 Å². The lowest BCUT2D eigenvalue weighted by atomic mass is 10.1.